The van der Waals surface area contributed by atoms with Gasteiger partial charge in [-0.25, -0.2) is 4.79 Å². The Hall–Kier alpha value is -1.83. The standard InChI is InChI=1S/C11H13F2N3O2S/c1-14-9(17)6-15-11(18)16-7-4-2-3-5-8(7)19-10(12)13/h2-5,10H,6H2,1H3,(H,14,17)(H2,15,16,18). The van der Waals surface area contributed by atoms with Crippen LogP contribution in [0, 0.1) is 0 Å². The van der Waals surface area contributed by atoms with E-state index in [9.17, 15) is 18.4 Å². The predicted octanol–water partition coefficient (Wildman–Crippen LogP) is 1.87. The summed E-state index contributed by atoms with van der Waals surface area (Å²) in [5, 5.41) is 7.05. The summed E-state index contributed by atoms with van der Waals surface area (Å²) in [4.78, 5) is 22.7. The van der Waals surface area contributed by atoms with Gasteiger partial charge in [0.25, 0.3) is 5.76 Å². The van der Waals surface area contributed by atoms with Crippen molar-refractivity contribution in [1.82, 2.24) is 10.6 Å². The van der Waals surface area contributed by atoms with Gasteiger partial charge >= 0.3 is 6.03 Å². The molecule has 1 aromatic carbocycles. The molecule has 0 unspecified atom stereocenters. The Morgan fingerprint density at radius 2 is 2.00 bits per heavy atom. The van der Waals surface area contributed by atoms with Crippen molar-refractivity contribution in [1.29, 1.82) is 0 Å². The van der Waals surface area contributed by atoms with Crippen LogP contribution in [0.5, 0.6) is 0 Å². The van der Waals surface area contributed by atoms with Gasteiger partial charge < -0.3 is 16.0 Å². The number of para-hydroxylation sites is 1. The van der Waals surface area contributed by atoms with Crippen LogP contribution in [0.1, 0.15) is 0 Å². The van der Waals surface area contributed by atoms with E-state index in [1.807, 2.05) is 0 Å². The fourth-order valence-electron chi connectivity index (χ4n) is 1.18. The molecule has 0 aliphatic heterocycles. The van der Waals surface area contributed by atoms with Crippen LogP contribution in [-0.2, 0) is 4.79 Å². The summed E-state index contributed by atoms with van der Waals surface area (Å²) in [5.74, 6) is -2.93. The van der Waals surface area contributed by atoms with E-state index in [0.29, 0.717) is 11.8 Å². The van der Waals surface area contributed by atoms with Crippen LogP contribution in [0.3, 0.4) is 0 Å². The van der Waals surface area contributed by atoms with Crippen LogP contribution in [0.25, 0.3) is 0 Å². The molecule has 0 heterocycles. The Morgan fingerprint density at radius 3 is 2.63 bits per heavy atom. The Morgan fingerprint density at radius 1 is 1.32 bits per heavy atom. The molecule has 0 fully saturated rings. The van der Waals surface area contributed by atoms with Gasteiger partial charge in [-0.3, -0.25) is 4.79 Å². The lowest BCUT2D eigenvalue weighted by atomic mass is 10.3. The predicted molar refractivity (Wildman–Crippen MR) is 69.4 cm³/mol. The maximum atomic E-state index is 12.3. The first-order chi connectivity index (χ1) is 9.02. The minimum absolute atomic E-state index is 0.188. The fourth-order valence-corrected chi connectivity index (χ4v) is 1.78. The average molecular weight is 289 g/mol. The van der Waals surface area contributed by atoms with Gasteiger partial charge in [-0.15, -0.1) is 0 Å². The third kappa shape index (κ3) is 5.56. The highest BCUT2D eigenvalue weighted by Gasteiger charge is 2.11. The van der Waals surface area contributed by atoms with E-state index in [0.717, 1.165) is 0 Å². The van der Waals surface area contributed by atoms with E-state index in [1.165, 1.54) is 19.2 Å². The van der Waals surface area contributed by atoms with Crippen molar-refractivity contribution in [2.24, 2.45) is 0 Å². The highest BCUT2D eigenvalue weighted by Crippen LogP contribution is 2.31. The molecule has 0 aromatic heterocycles. The zero-order valence-electron chi connectivity index (χ0n) is 10.1. The number of alkyl halides is 2. The summed E-state index contributed by atoms with van der Waals surface area (Å²) < 4.78 is 24.6. The largest absolute Gasteiger partial charge is 0.358 e. The van der Waals surface area contributed by atoms with Gasteiger partial charge in [0, 0.05) is 11.9 Å². The lowest BCUT2D eigenvalue weighted by molar-refractivity contribution is -0.119. The second-order valence-electron chi connectivity index (χ2n) is 3.36. The lowest BCUT2D eigenvalue weighted by Crippen LogP contribution is -2.37. The molecule has 104 valence electrons. The van der Waals surface area contributed by atoms with Gasteiger partial charge in [0.15, 0.2) is 0 Å². The molecule has 1 aromatic rings. The average Bonchev–Trinajstić information content (AvgIpc) is 2.37. The normalized spacial score (nSPS) is 10.1. The van der Waals surface area contributed by atoms with Crippen LogP contribution in [0.4, 0.5) is 19.3 Å². The van der Waals surface area contributed by atoms with E-state index in [4.69, 9.17) is 0 Å². The molecule has 0 atom stereocenters. The molecule has 19 heavy (non-hydrogen) atoms. The van der Waals surface area contributed by atoms with E-state index in [2.05, 4.69) is 16.0 Å². The summed E-state index contributed by atoms with van der Waals surface area (Å²) in [6.07, 6.45) is 0. The molecule has 0 radical (unpaired) electrons. The Kier molecular flexibility index (Phi) is 6.07. The van der Waals surface area contributed by atoms with Gasteiger partial charge in [-0.2, -0.15) is 8.78 Å². The zero-order chi connectivity index (χ0) is 14.3. The smallest absolute Gasteiger partial charge is 0.319 e. The molecule has 1 rings (SSSR count). The maximum Gasteiger partial charge on any atom is 0.319 e. The zero-order valence-corrected chi connectivity index (χ0v) is 10.9. The molecule has 5 nitrogen and oxygen atoms in total. The van der Waals surface area contributed by atoms with Gasteiger partial charge in [-0.05, 0) is 12.1 Å². The molecule has 0 spiro atoms. The lowest BCUT2D eigenvalue weighted by Gasteiger charge is -2.10. The molecule has 0 saturated heterocycles. The highest BCUT2D eigenvalue weighted by atomic mass is 32.2. The van der Waals surface area contributed by atoms with E-state index in [-0.39, 0.29) is 23.0 Å². The molecule has 0 aliphatic rings. The third-order valence-corrected chi connectivity index (χ3v) is 2.83. The molecule has 3 N–H and O–H groups in total. The number of nitrogens with one attached hydrogen (secondary N) is 3. The molecular weight excluding hydrogens is 276 g/mol. The van der Waals surface area contributed by atoms with Crippen LogP contribution >= 0.6 is 11.8 Å². The Balaban J connectivity index is 2.61. The number of amides is 3. The van der Waals surface area contributed by atoms with Crippen molar-refractivity contribution in [3.63, 3.8) is 0 Å². The van der Waals surface area contributed by atoms with Crippen molar-refractivity contribution in [3.8, 4) is 0 Å². The number of rotatable bonds is 5. The second-order valence-corrected chi connectivity index (χ2v) is 4.39. The minimum Gasteiger partial charge on any atom is -0.358 e. The first-order valence-electron chi connectivity index (χ1n) is 5.32. The van der Waals surface area contributed by atoms with Crippen LogP contribution in [0.15, 0.2) is 29.2 Å². The van der Waals surface area contributed by atoms with Crippen LogP contribution in [0.2, 0.25) is 0 Å². The first-order valence-corrected chi connectivity index (χ1v) is 6.20. The number of likely N-dealkylation sites (N-methyl/N-ethyl adjacent to an activating group) is 1. The number of halogens is 2. The number of benzene rings is 1. The number of urea groups is 1. The number of anilines is 1. The molecule has 0 bridgehead atoms. The molecule has 3 amide bonds. The van der Waals surface area contributed by atoms with Gasteiger partial charge in [0.2, 0.25) is 5.91 Å². The number of carbonyl (C=O) groups is 2. The topological polar surface area (TPSA) is 70.2 Å². The fraction of sp³-hybridized carbons (Fsp3) is 0.273. The molecule has 8 heteroatoms. The van der Waals surface area contributed by atoms with Gasteiger partial charge in [-0.1, -0.05) is 23.9 Å². The maximum absolute atomic E-state index is 12.3. The van der Waals surface area contributed by atoms with Gasteiger partial charge in [0.05, 0.1) is 12.2 Å². The van der Waals surface area contributed by atoms with E-state index < -0.39 is 11.8 Å². The number of thioether (sulfide) groups is 1. The minimum atomic E-state index is -2.57. The van der Waals surface area contributed by atoms with Crippen molar-refractivity contribution in [2.45, 2.75) is 10.7 Å². The number of hydrogen-bond acceptors (Lipinski definition) is 3. The summed E-state index contributed by atoms with van der Waals surface area (Å²) >= 11 is 0.341. The highest BCUT2D eigenvalue weighted by molar-refractivity contribution is 7.99. The van der Waals surface area contributed by atoms with Crippen molar-refractivity contribution < 1.29 is 18.4 Å². The second kappa shape index (κ2) is 7.57. The Bertz CT molecular complexity index is 457. The first kappa shape index (κ1) is 15.2. The molecule has 0 aliphatic carbocycles. The molecular formula is C11H13F2N3O2S. The number of carbonyl (C=O) groups excluding carboxylic acids is 2. The van der Waals surface area contributed by atoms with Crippen molar-refractivity contribution in [3.05, 3.63) is 24.3 Å². The summed E-state index contributed by atoms with van der Waals surface area (Å²) in [5.41, 5.74) is 0.266. The Labute approximate surface area is 113 Å². The summed E-state index contributed by atoms with van der Waals surface area (Å²) in [6, 6.07) is 5.56. The van der Waals surface area contributed by atoms with Gasteiger partial charge in [0.1, 0.15) is 0 Å². The van der Waals surface area contributed by atoms with E-state index in [1.54, 1.807) is 12.1 Å². The van der Waals surface area contributed by atoms with Crippen LogP contribution in [-0.4, -0.2) is 31.3 Å². The monoisotopic (exact) mass is 289 g/mol. The quantitative estimate of drug-likeness (QED) is 0.725. The summed E-state index contributed by atoms with van der Waals surface area (Å²) in [7, 11) is 1.44. The van der Waals surface area contributed by atoms with E-state index >= 15 is 0 Å². The van der Waals surface area contributed by atoms with Crippen molar-refractivity contribution >= 4 is 29.4 Å². The third-order valence-electron chi connectivity index (χ3n) is 2.04. The SMILES string of the molecule is CNC(=O)CNC(=O)Nc1ccccc1SC(F)F. The number of hydrogen-bond donors (Lipinski definition) is 3. The summed E-state index contributed by atoms with van der Waals surface area (Å²) in [6.45, 7) is -0.188. The van der Waals surface area contributed by atoms with Crippen molar-refractivity contribution in [2.75, 3.05) is 18.9 Å². The molecule has 0 saturated carbocycles. The van der Waals surface area contributed by atoms with Crippen LogP contribution < -0.4 is 16.0 Å².